The van der Waals surface area contributed by atoms with Gasteiger partial charge >= 0.3 is 0 Å². The van der Waals surface area contributed by atoms with Gasteiger partial charge < -0.3 is 5.32 Å². The summed E-state index contributed by atoms with van der Waals surface area (Å²) in [6.07, 6.45) is 0. The molecule has 94 valence electrons. The van der Waals surface area contributed by atoms with Crippen LogP contribution in [0.1, 0.15) is 26.3 Å². The maximum atomic E-state index is 3.63. The molecule has 1 saturated heterocycles. The van der Waals surface area contributed by atoms with Crippen LogP contribution in [0.4, 0.5) is 0 Å². The van der Waals surface area contributed by atoms with Crippen LogP contribution in [0.15, 0.2) is 30.3 Å². The maximum absolute atomic E-state index is 3.63. The fraction of sp³-hybridized carbons (Fsp3) is 0.600. The quantitative estimate of drug-likeness (QED) is 0.843. The molecule has 0 aliphatic carbocycles. The van der Waals surface area contributed by atoms with Gasteiger partial charge in [-0.3, -0.25) is 4.90 Å². The van der Waals surface area contributed by atoms with Crippen molar-refractivity contribution in [1.82, 2.24) is 10.2 Å². The van der Waals surface area contributed by atoms with Crippen LogP contribution in [0.5, 0.6) is 0 Å². The average molecular weight is 232 g/mol. The van der Waals surface area contributed by atoms with Gasteiger partial charge in [-0.1, -0.05) is 51.1 Å². The van der Waals surface area contributed by atoms with Crippen molar-refractivity contribution in [3.05, 3.63) is 35.9 Å². The van der Waals surface area contributed by atoms with Gasteiger partial charge in [-0.2, -0.15) is 0 Å². The number of hydrogen-bond acceptors (Lipinski definition) is 2. The van der Waals surface area contributed by atoms with E-state index in [0.29, 0.717) is 11.5 Å². The van der Waals surface area contributed by atoms with E-state index < -0.39 is 0 Å². The van der Waals surface area contributed by atoms with E-state index in [0.717, 1.165) is 26.2 Å². The van der Waals surface area contributed by atoms with Gasteiger partial charge in [0.15, 0.2) is 0 Å². The minimum atomic E-state index is 0.343. The van der Waals surface area contributed by atoms with Gasteiger partial charge in [-0.05, 0) is 11.0 Å². The molecule has 2 rings (SSSR count). The van der Waals surface area contributed by atoms with Gasteiger partial charge in [0, 0.05) is 32.2 Å². The van der Waals surface area contributed by atoms with E-state index in [2.05, 4.69) is 61.3 Å². The average Bonchev–Trinajstić information content (AvgIpc) is 2.29. The third kappa shape index (κ3) is 3.55. The number of nitrogens with one attached hydrogen (secondary N) is 1. The molecule has 1 N–H and O–H groups in total. The van der Waals surface area contributed by atoms with E-state index in [-0.39, 0.29) is 0 Å². The lowest BCUT2D eigenvalue weighted by Crippen LogP contribution is -2.55. The Kier molecular flexibility index (Phi) is 3.85. The third-order valence-corrected chi connectivity index (χ3v) is 3.55. The van der Waals surface area contributed by atoms with Crippen LogP contribution in [-0.2, 0) is 6.54 Å². The topological polar surface area (TPSA) is 15.3 Å². The number of rotatable bonds is 2. The van der Waals surface area contributed by atoms with Gasteiger partial charge in [0.05, 0.1) is 0 Å². The lowest BCUT2D eigenvalue weighted by molar-refractivity contribution is 0.129. The van der Waals surface area contributed by atoms with Crippen molar-refractivity contribution in [1.29, 1.82) is 0 Å². The highest BCUT2D eigenvalue weighted by Gasteiger charge is 2.28. The van der Waals surface area contributed by atoms with Gasteiger partial charge in [0.2, 0.25) is 0 Å². The molecular formula is C15H24N2. The van der Waals surface area contributed by atoms with Crippen LogP contribution in [0.2, 0.25) is 0 Å². The van der Waals surface area contributed by atoms with E-state index in [4.69, 9.17) is 0 Å². The van der Waals surface area contributed by atoms with Crippen molar-refractivity contribution < 1.29 is 0 Å². The SMILES string of the molecule is CC(C)(C)[C@H]1CN(Cc2ccccc2)CCN1. The standard InChI is InChI=1S/C15H24N2/c1-15(2,3)14-12-17(10-9-16-14)11-13-7-5-4-6-8-13/h4-8,14,16H,9-12H2,1-3H3/t14-/m1/s1. The summed E-state index contributed by atoms with van der Waals surface area (Å²) in [4.78, 5) is 2.56. The summed E-state index contributed by atoms with van der Waals surface area (Å²) >= 11 is 0. The lowest BCUT2D eigenvalue weighted by atomic mass is 9.85. The van der Waals surface area contributed by atoms with Gasteiger partial charge in [-0.25, -0.2) is 0 Å². The smallest absolute Gasteiger partial charge is 0.0244 e. The molecule has 0 saturated carbocycles. The summed E-state index contributed by atoms with van der Waals surface area (Å²) in [6.45, 7) is 11.4. The molecule has 0 radical (unpaired) electrons. The monoisotopic (exact) mass is 232 g/mol. The Morgan fingerprint density at radius 1 is 1.24 bits per heavy atom. The Hall–Kier alpha value is -0.860. The van der Waals surface area contributed by atoms with Crippen molar-refractivity contribution in [2.75, 3.05) is 19.6 Å². The molecule has 1 fully saturated rings. The number of piperazine rings is 1. The second-order valence-electron chi connectivity index (χ2n) is 6.09. The second-order valence-corrected chi connectivity index (χ2v) is 6.09. The number of benzene rings is 1. The lowest BCUT2D eigenvalue weighted by Gasteiger charge is -2.40. The Bertz CT molecular complexity index is 340. The summed E-state index contributed by atoms with van der Waals surface area (Å²) in [5.41, 5.74) is 1.76. The first-order chi connectivity index (χ1) is 8.05. The Morgan fingerprint density at radius 3 is 2.59 bits per heavy atom. The van der Waals surface area contributed by atoms with Crippen LogP contribution >= 0.6 is 0 Å². The minimum Gasteiger partial charge on any atom is -0.311 e. The number of nitrogens with zero attached hydrogens (tertiary/aromatic N) is 1. The molecule has 1 atom stereocenters. The molecule has 0 aromatic heterocycles. The van der Waals surface area contributed by atoms with Gasteiger partial charge in [0.25, 0.3) is 0 Å². The third-order valence-electron chi connectivity index (χ3n) is 3.55. The van der Waals surface area contributed by atoms with E-state index >= 15 is 0 Å². The Morgan fingerprint density at radius 2 is 1.94 bits per heavy atom. The molecule has 1 aliphatic heterocycles. The highest BCUT2D eigenvalue weighted by atomic mass is 15.2. The first kappa shape index (κ1) is 12.6. The number of hydrogen-bond donors (Lipinski definition) is 1. The van der Waals surface area contributed by atoms with E-state index in [9.17, 15) is 0 Å². The summed E-state index contributed by atoms with van der Waals surface area (Å²) in [6, 6.07) is 11.4. The first-order valence-corrected chi connectivity index (χ1v) is 6.55. The summed E-state index contributed by atoms with van der Waals surface area (Å²) in [7, 11) is 0. The fourth-order valence-electron chi connectivity index (χ4n) is 2.38. The molecule has 0 spiro atoms. The van der Waals surface area contributed by atoms with Crippen LogP contribution < -0.4 is 5.32 Å². The first-order valence-electron chi connectivity index (χ1n) is 6.55. The van der Waals surface area contributed by atoms with Crippen LogP contribution in [0.25, 0.3) is 0 Å². The molecular weight excluding hydrogens is 208 g/mol. The van der Waals surface area contributed by atoms with Crippen molar-refractivity contribution in [3.8, 4) is 0 Å². The van der Waals surface area contributed by atoms with E-state index in [1.54, 1.807) is 0 Å². The second kappa shape index (κ2) is 5.19. The molecule has 1 heterocycles. The van der Waals surface area contributed by atoms with Crippen molar-refractivity contribution in [3.63, 3.8) is 0 Å². The summed E-state index contributed by atoms with van der Waals surface area (Å²) in [5, 5.41) is 3.63. The van der Waals surface area contributed by atoms with Crippen molar-refractivity contribution >= 4 is 0 Å². The van der Waals surface area contributed by atoms with Crippen LogP contribution in [0.3, 0.4) is 0 Å². The zero-order valence-electron chi connectivity index (χ0n) is 11.2. The molecule has 0 amide bonds. The predicted octanol–water partition coefficient (Wildman–Crippen LogP) is 2.51. The highest BCUT2D eigenvalue weighted by molar-refractivity contribution is 5.14. The molecule has 17 heavy (non-hydrogen) atoms. The maximum Gasteiger partial charge on any atom is 0.0244 e. The zero-order chi connectivity index (χ0) is 12.3. The van der Waals surface area contributed by atoms with Crippen molar-refractivity contribution in [2.24, 2.45) is 5.41 Å². The molecule has 2 nitrogen and oxygen atoms in total. The van der Waals surface area contributed by atoms with Gasteiger partial charge in [0.1, 0.15) is 0 Å². The normalized spacial score (nSPS) is 22.6. The molecule has 0 unspecified atom stereocenters. The fourth-order valence-corrected chi connectivity index (χ4v) is 2.38. The molecule has 1 aliphatic rings. The van der Waals surface area contributed by atoms with E-state index in [1.165, 1.54) is 5.56 Å². The minimum absolute atomic E-state index is 0.343. The summed E-state index contributed by atoms with van der Waals surface area (Å²) < 4.78 is 0. The predicted molar refractivity (Wildman–Crippen MR) is 73.0 cm³/mol. The largest absolute Gasteiger partial charge is 0.311 e. The molecule has 2 heteroatoms. The Labute approximate surface area is 105 Å². The van der Waals surface area contributed by atoms with E-state index in [1.807, 2.05) is 0 Å². The Balaban J connectivity index is 1.94. The van der Waals surface area contributed by atoms with Crippen LogP contribution in [-0.4, -0.2) is 30.6 Å². The zero-order valence-corrected chi connectivity index (χ0v) is 11.2. The summed E-state index contributed by atoms with van der Waals surface area (Å²) in [5.74, 6) is 0. The molecule has 1 aromatic carbocycles. The highest BCUT2D eigenvalue weighted by Crippen LogP contribution is 2.22. The van der Waals surface area contributed by atoms with Crippen LogP contribution in [0, 0.1) is 5.41 Å². The van der Waals surface area contributed by atoms with Gasteiger partial charge in [-0.15, -0.1) is 0 Å². The molecule has 1 aromatic rings. The van der Waals surface area contributed by atoms with Crippen molar-refractivity contribution in [2.45, 2.75) is 33.4 Å². The molecule has 0 bridgehead atoms.